The Hall–Kier alpha value is -2.30. The van der Waals surface area contributed by atoms with E-state index in [4.69, 9.17) is 4.74 Å². The first-order chi connectivity index (χ1) is 10.6. The van der Waals surface area contributed by atoms with E-state index < -0.39 is 0 Å². The minimum Gasteiger partial charge on any atom is -0.489 e. The molecule has 0 bridgehead atoms. The van der Waals surface area contributed by atoms with E-state index in [1.165, 1.54) is 12.8 Å². The highest BCUT2D eigenvalue weighted by atomic mass is 16.5. The Kier molecular flexibility index (Phi) is 4.13. The zero-order chi connectivity index (χ0) is 15.5. The summed E-state index contributed by atoms with van der Waals surface area (Å²) in [5.41, 5.74) is 0.909. The van der Waals surface area contributed by atoms with Crippen molar-refractivity contribution in [2.45, 2.75) is 45.8 Å². The van der Waals surface area contributed by atoms with Gasteiger partial charge in [-0.1, -0.05) is 12.1 Å². The van der Waals surface area contributed by atoms with E-state index in [0.29, 0.717) is 6.04 Å². The van der Waals surface area contributed by atoms with Crippen LogP contribution in [-0.2, 0) is 0 Å². The van der Waals surface area contributed by atoms with Gasteiger partial charge in [-0.05, 0) is 45.7 Å². The summed E-state index contributed by atoms with van der Waals surface area (Å²) in [4.78, 5) is 8.89. The predicted molar refractivity (Wildman–Crippen MR) is 88.9 cm³/mol. The number of anilines is 3. The third kappa shape index (κ3) is 3.87. The summed E-state index contributed by atoms with van der Waals surface area (Å²) in [7, 11) is 0. The zero-order valence-corrected chi connectivity index (χ0v) is 13.3. The van der Waals surface area contributed by atoms with Crippen LogP contribution < -0.4 is 15.4 Å². The summed E-state index contributed by atoms with van der Waals surface area (Å²) in [6.45, 7) is 5.94. The number of aryl methyl sites for hydroxylation is 1. The highest BCUT2D eigenvalue weighted by Gasteiger charge is 2.21. The van der Waals surface area contributed by atoms with Crippen LogP contribution in [0.15, 0.2) is 30.3 Å². The average molecular weight is 298 g/mol. The van der Waals surface area contributed by atoms with Crippen LogP contribution in [0.2, 0.25) is 0 Å². The van der Waals surface area contributed by atoms with Gasteiger partial charge in [-0.3, -0.25) is 0 Å². The Bertz CT molecular complexity index is 653. The van der Waals surface area contributed by atoms with Crippen LogP contribution >= 0.6 is 0 Å². The molecule has 1 saturated carbocycles. The lowest BCUT2D eigenvalue weighted by atomic mass is 10.3. The Balaban J connectivity index is 1.81. The summed E-state index contributed by atoms with van der Waals surface area (Å²) in [5.74, 6) is 3.22. The van der Waals surface area contributed by atoms with Crippen molar-refractivity contribution >= 4 is 17.3 Å². The molecule has 1 heterocycles. The summed E-state index contributed by atoms with van der Waals surface area (Å²) in [6, 6.07) is 10.4. The van der Waals surface area contributed by atoms with Gasteiger partial charge in [0.2, 0.25) is 0 Å². The number of benzene rings is 1. The number of aromatic nitrogens is 2. The highest BCUT2D eigenvalue weighted by molar-refractivity contribution is 5.65. The van der Waals surface area contributed by atoms with Crippen molar-refractivity contribution in [1.82, 2.24) is 9.97 Å². The van der Waals surface area contributed by atoms with Crippen molar-refractivity contribution < 1.29 is 4.74 Å². The van der Waals surface area contributed by atoms with Crippen molar-refractivity contribution in [3.8, 4) is 5.75 Å². The Morgan fingerprint density at radius 2 is 1.86 bits per heavy atom. The molecule has 0 amide bonds. The van der Waals surface area contributed by atoms with Gasteiger partial charge in [0, 0.05) is 12.1 Å². The van der Waals surface area contributed by atoms with Gasteiger partial charge in [-0.15, -0.1) is 0 Å². The number of ether oxygens (including phenoxy) is 1. The minimum absolute atomic E-state index is 0.127. The number of nitrogens with one attached hydrogen (secondary N) is 2. The molecule has 3 rings (SSSR count). The third-order valence-electron chi connectivity index (χ3n) is 3.28. The molecule has 0 unspecified atom stereocenters. The predicted octanol–water partition coefficient (Wildman–Crippen LogP) is 3.89. The van der Waals surface area contributed by atoms with E-state index in [-0.39, 0.29) is 6.10 Å². The summed E-state index contributed by atoms with van der Waals surface area (Å²) >= 11 is 0. The van der Waals surface area contributed by atoms with Gasteiger partial charge < -0.3 is 15.4 Å². The number of hydrogen-bond donors (Lipinski definition) is 2. The molecule has 1 aromatic carbocycles. The molecule has 116 valence electrons. The molecule has 0 aliphatic heterocycles. The molecule has 1 aromatic heterocycles. The second-order valence-corrected chi connectivity index (χ2v) is 5.89. The minimum atomic E-state index is 0.127. The van der Waals surface area contributed by atoms with Crippen LogP contribution in [-0.4, -0.2) is 22.1 Å². The maximum absolute atomic E-state index is 5.83. The van der Waals surface area contributed by atoms with Crippen LogP contribution in [0, 0.1) is 6.92 Å². The SMILES string of the molecule is Cc1nc(Nc2ccccc2OC(C)C)cc(NC2CC2)n1. The van der Waals surface area contributed by atoms with E-state index >= 15 is 0 Å². The number of rotatable bonds is 6. The summed E-state index contributed by atoms with van der Waals surface area (Å²) in [5, 5.41) is 6.74. The second kappa shape index (κ2) is 6.22. The molecule has 5 nitrogen and oxygen atoms in total. The molecule has 2 aromatic rings. The summed E-state index contributed by atoms with van der Waals surface area (Å²) < 4.78 is 5.83. The number of hydrogen-bond acceptors (Lipinski definition) is 5. The highest BCUT2D eigenvalue weighted by Crippen LogP contribution is 2.29. The van der Waals surface area contributed by atoms with Gasteiger partial charge in [-0.25, -0.2) is 9.97 Å². The Labute approximate surface area is 131 Å². The fourth-order valence-electron chi connectivity index (χ4n) is 2.21. The first-order valence-electron chi connectivity index (χ1n) is 7.75. The Morgan fingerprint density at radius 1 is 1.14 bits per heavy atom. The van der Waals surface area contributed by atoms with E-state index in [1.807, 2.05) is 51.1 Å². The molecule has 1 aliphatic rings. The van der Waals surface area contributed by atoms with E-state index in [0.717, 1.165) is 28.9 Å². The lowest BCUT2D eigenvalue weighted by molar-refractivity contribution is 0.244. The molecule has 0 spiro atoms. The lowest BCUT2D eigenvalue weighted by Gasteiger charge is -2.15. The average Bonchev–Trinajstić information content (AvgIpc) is 3.24. The van der Waals surface area contributed by atoms with Crippen molar-refractivity contribution in [1.29, 1.82) is 0 Å². The molecule has 2 N–H and O–H groups in total. The fourth-order valence-corrected chi connectivity index (χ4v) is 2.21. The summed E-state index contributed by atoms with van der Waals surface area (Å²) in [6.07, 6.45) is 2.57. The topological polar surface area (TPSA) is 59.1 Å². The van der Waals surface area contributed by atoms with Gasteiger partial charge in [0.1, 0.15) is 23.2 Å². The van der Waals surface area contributed by atoms with Crippen LogP contribution in [0.1, 0.15) is 32.5 Å². The van der Waals surface area contributed by atoms with Gasteiger partial charge in [-0.2, -0.15) is 0 Å². The molecule has 5 heteroatoms. The van der Waals surface area contributed by atoms with Gasteiger partial charge >= 0.3 is 0 Å². The van der Waals surface area contributed by atoms with Crippen LogP contribution in [0.25, 0.3) is 0 Å². The Morgan fingerprint density at radius 3 is 2.59 bits per heavy atom. The van der Waals surface area contributed by atoms with Crippen LogP contribution in [0.3, 0.4) is 0 Å². The second-order valence-electron chi connectivity index (χ2n) is 5.89. The normalized spacial score (nSPS) is 14.0. The monoisotopic (exact) mass is 298 g/mol. The van der Waals surface area contributed by atoms with E-state index in [9.17, 15) is 0 Å². The molecular formula is C17H22N4O. The van der Waals surface area contributed by atoms with Crippen molar-refractivity contribution in [3.63, 3.8) is 0 Å². The molecule has 1 aliphatic carbocycles. The van der Waals surface area contributed by atoms with Gasteiger partial charge in [0.25, 0.3) is 0 Å². The smallest absolute Gasteiger partial charge is 0.143 e. The third-order valence-corrected chi connectivity index (χ3v) is 3.28. The molecule has 1 fully saturated rings. The standard InChI is InChI=1S/C17H22N4O/c1-11(2)22-15-7-5-4-6-14(15)21-17-10-16(18-12(3)19-17)20-13-8-9-13/h4-7,10-11,13H,8-9H2,1-3H3,(H2,18,19,20,21). The van der Waals surface area contributed by atoms with Crippen molar-refractivity contribution in [2.24, 2.45) is 0 Å². The maximum atomic E-state index is 5.83. The lowest BCUT2D eigenvalue weighted by Crippen LogP contribution is -2.09. The largest absolute Gasteiger partial charge is 0.489 e. The zero-order valence-electron chi connectivity index (χ0n) is 13.3. The van der Waals surface area contributed by atoms with E-state index in [1.54, 1.807) is 0 Å². The molecular weight excluding hydrogens is 276 g/mol. The first-order valence-corrected chi connectivity index (χ1v) is 7.75. The molecule has 0 saturated heterocycles. The molecule has 22 heavy (non-hydrogen) atoms. The van der Waals surface area contributed by atoms with Crippen molar-refractivity contribution in [2.75, 3.05) is 10.6 Å². The van der Waals surface area contributed by atoms with Crippen LogP contribution in [0.5, 0.6) is 5.75 Å². The van der Waals surface area contributed by atoms with Crippen LogP contribution in [0.4, 0.5) is 17.3 Å². The molecule has 0 atom stereocenters. The van der Waals surface area contributed by atoms with E-state index in [2.05, 4.69) is 20.6 Å². The van der Waals surface area contributed by atoms with Gasteiger partial charge in [0.05, 0.1) is 11.8 Å². The maximum Gasteiger partial charge on any atom is 0.143 e. The fraction of sp³-hybridized carbons (Fsp3) is 0.412. The first kappa shape index (κ1) is 14.6. The number of para-hydroxylation sites is 2. The quantitative estimate of drug-likeness (QED) is 0.847. The van der Waals surface area contributed by atoms with Crippen molar-refractivity contribution in [3.05, 3.63) is 36.2 Å². The molecule has 0 radical (unpaired) electrons. The number of nitrogens with zero attached hydrogens (tertiary/aromatic N) is 2. The van der Waals surface area contributed by atoms with Gasteiger partial charge in [0.15, 0.2) is 0 Å².